The molecule has 2 fully saturated rings. The monoisotopic (exact) mass is 356 g/mol. The van der Waals surface area contributed by atoms with E-state index < -0.39 is 12.6 Å². The van der Waals surface area contributed by atoms with Crippen molar-refractivity contribution in [1.82, 2.24) is 0 Å². The Hall–Kier alpha value is -1.76. The van der Waals surface area contributed by atoms with Crippen molar-refractivity contribution in [2.24, 2.45) is 0 Å². The topological polar surface area (TPSA) is 46.2 Å². The smallest absolute Gasteiger partial charge is 0.186 e. The lowest BCUT2D eigenvalue weighted by Crippen LogP contribution is -2.56. The Morgan fingerprint density at radius 2 is 1.50 bits per heavy atom. The predicted molar refractivity (Wildman–Crippen MR) is 95.3 cm³/mol. The minimum absolute atomic E-state index is 0.143. The first-order valence-corrected chi connectivity index (χ1v) is 8.96. The van der Waals surface area contributed by atoms with E-state index in [0.29, 0.717) is 6.61 Å². The Bertz CT molecular complexity index is 692. The zero-order valence-corrected chi connectivity index (χ0v) is 15.0. The molecule has 0 N–H and O–H groups in total. The summed E-state index contributed by atoms with van der Waals surface area (Å²) in [6, 6.07) is 20.0. The molecule has 2 aromatic carbocycles. The molecule has 3 unspecified atom stereocenters. The second-order valence-corrected chi connectivity index (χ2v) is 6.65. The van der Waals surface area contributed by atoms with Crippen molar-refractivity contribution in [3.8, 4) is 0 Å². The summed E-state index contributed by atoms with van der Waals surface area (Å²) in [5.41, 5.74) is 2.08. The van der Waals surface area contributed by atoms with Gasteiger partial charge in [0, 0.05) is 12.7 Å². The van der Waals surface area contributed by atoms with E-state index in [1.165, 1.54) is 0 Å². The van der Waals surface area contributed by atoms with Crippen LogP contribution in [0.5, 0.6) is 0 Å². The number of ether oxygens (including phenoxy) is 5. The van der Waals surface area contributed by atoms with Crippen LogP contribution >= 0.6 is 0 Å². The zero-order valence-electron chi connectivity index (χ0n) is 15.0. The van der Waals surface area contributed by atoms with Gasteiger partial charge in [0.05, 0.1) is 12.7 Å². The van der Waals surface area contributed by atoms with Gasteiger partial charge in [-0.2, -0.15) is 0 Å². The third-order valence-electron chi connectivity index (χ3n) is 4.88. The first-order valence-electron chi connectivity index (χ1n) is 8.96. The highest BCUT2D eigenvalue weighted by molar-refractivity contribution is 5.17. The van der Waals surface area contributed by atoms with E-state index in [0.717, 1.165) is 11.1 Å². The van der Waals surface area contributed by atoms with Crippen LogP contribution in [-0.2, 0) is 30.3 Å². The van der Waals surface area contributed by atoms with E-state index in [1.54, 1.807) is 7.11 Å². The van der Waals surface area contributed by atoms with Crippen LogP contribution in [-0.4, -0.2) is 37.8 Å². The van der Waals surface area contributed by atoms with Crippen LogP contribution in [0.2, 0.25) is 0 Å². The first kappa shape index (κ1) is 17.6. The van der Waals surface area contributed by atoms with Gasteiger partial charge in [-0.15, -0.1) is 0 Å². The Morgan fingerprint density at radius 1 is 0.846 bits per heavy atom. The maximum absolute atomic E-state index is 6.25. The Labute approximate surface area is 153 Å². The van der Waals surface area contributed by atoms with Crippen LogP contribution in [0.1, 0.15) is 24.3 Å². The molecule has 138 valence electrons. The van der Waals surface area contributed by atoms with Crippen LogP contribution in [0.4, 0.5) is 0 Å². The largest absolute Gasteiger partial charge is 0.365 e. The van der Waals surface area contributed by atoms with Crippen molar-refractivity contribution < 1.29 is 23.7 Å². The van der Waals surface area contributed by atoms with Crippen LogP contribution in [0.25, 0.3) is 0 Å². The molecule has 0 saturated carbocycles. The van der Waals surface area contributed by atoms with Crippen LogP contribution in [0.3, 0.4) is 0 Å². The summed E-state index contributed by atoms with van der Waals surface area (Å²) in [6.07, 6.45) is -1.88. The average Bonchev–Trinajstić information content (AvgIpc) is 3.14. The van der Waals surface area contributed by atoms with Crippen molar-refractivity contribution in [2.45, 2.75) is 50.5 Å². The molecule has 2 heterocycles. The summed E-state index contributed by atoms with van der Waals surface area (Å²) in [6.45, 7) is 2.44. The minimum Gasteiger partial charge on any atom is -0.365 e. The van der Waals surface area contributed by atoms with E-state index >= 15 is 0 Å². The Kier molecular flexibility index (Phi) is 5.33. The minimum atomic E-state index is -0.493. The lowest BCUT2D eigenvalue weighted by atomic mass is 10.00. The maximum atomic E-state index is 6.25. The maximum Gasteiger partial charge on any atom is 0.186 e. The molecule has 2 aromatic rings. The number of methoxy groups -OCH3 is 1. The van der Waals surface area contributed by atoms with Crippen molar-refractivity contribution in [1.29, 1.82) is 0 Å². The van der Waals surface area contributed by atoms with Gasteiger partial charge >= 0.3 is 0 Å². The number of hydrogen-bond donors (Lipinski definition) is 0. The fourth-order valence-corrected chi connectivity index (χ4v) is 3.53. The van der Waals surface area contributed by atoms with E-state index in [-0.39, 0.29) is 24.4 Å². The summed E-state index contributed by atoms with van der Waals surface area (Å²) in [7, 11) is 1.63. The van der Waals surface area contributed by atoms with Crippen LogP contribution in [0.15, 0.2) is 60.7 Å². The molecule has 5 heteroatoms. The highest BCUT2D eigenvalue weighted by Crippen LogP contribution is 2.40. The normalized spacial score (nSPS) is 33.8. The molecule has 0 bridgehead atoms. The van der Waals surface area contributed by atoms with Gasteiger partial charge in [-0.1, -0.05) is 60.7 Å². The second-order valence-electron chi connectivity index (χ2n) is 6.65. The summed E-state index contributed by atoms with van der Waals surface area (Å²) in [5.74, 6) is 0. The molecule has 0 aliphatic carbocycles. The third-order valence-corrected chi connectivity index (χ3v) is 4.88. The predicted octanol–water partition coefficient (Wildman–Crippen LogP) is 3.45. The Balaban J connectivity index is 1.52. The highest BCUT2D eigenvalue weighted by Gasteiger charge is 2.52. The van der Waals surface area contributed by atoms with Gasteiger partial charge in [0.2, 0.25) is 0 Å². The van der Waals surface area contributed by atoms with E-state index in [2.05, 4.69) is 0 Å². The summed E-state index contributed by atoms with van der Waals surface area (Å²) < 4.78 is 30.1. The van der Waals surface area contributed by atoms with Gasteiger partial charge in [-0.3, -0.25) is 0 Å². The lowest BCUT2D eigenvalue weighted by Gasteiger charge is -2.40. The van der Waals surface area contributed by atoms with Crippen molar-refractivity contribution in [3.05, 3.63) is 71.8 Å². The van der Waals surface area contributed by atoms with Crippen LogP contribution < -0.4 is 0 Å². The SMILES string of the molecule is CO[C@@H]1OC(C)[C@H]2O[C@H](c3ccccc3)OC2C1OCc1ccccc1. The molecule has 4 rings (SSSR count). The van der Waals surface area contributed by atoms with Crippen molar-refractivity contribution in [2.75, 3.05) is 7.11 Å². The molecule has 2 aliphatic heterocycles. The second kappa shape index (κ2) is 7.86. The molecular formula is C21H24O5. The van der Waals surface area contributed by atoms with Gasteiger partial charge in [0.15, 0.2) is 12.6 Å². The Morgan fingerprint density at radius 3 is 2.19 bits per heavy atom. The molecule has 0 spiro atoms. The van der Waals surface area contributed by atoms with Crippen LogP contribution in [0, 0.1) is 0 Å². The van der Waals surface area contributed by atoms with E-state index in [1.807, 2.05) is 67.6 Å². The van der Waals surface area contributed by atoms with Crippen molar-refractivity contribution in [3.63, 3.8) is 0 Å². The summed E-state index contributed by atoms with van der Waals surface area (Å²) >= 11 is 0. The quantitative estimate of drug-likeness (QED) is 0.821. The molecule has 0 amide bonds. The third kappa shape index (κ3) is 3.54. The molecule has 2 saturated heterocycles. The van der Waals surface area contributed by atoms with E-state index in [4.69, 9.17) is 23.7 Å². The van der Waals surface area contributed by atoms with Gasteiger partial charge in [-0.25, -0.2) is 0 Å². The van der Waals surface area contributed by atoms with Gasteiger partial charge in [-0.05, 0) is 12.5 Å². The molecule has 0 aromatic heterocycles. The average molecular weight is 356 g/mol. The zero-order chi connectivity index (χ0) is 17.9. The number of fused-ring (bicyclic) bond motifs is 1. The molecular weight excluding hydrogens is 332 g/mol. The lowest BCUT2D eigenvalue weighted by molar-refractivity contribution is -0.278. The molecule has 5 nitrogen and oxygen atoms in total. The molecule has 0 radical (unpaired) electrons. The summed E-state index contributed by atoms with van der Waals surface area (Å²) in [4.78, 5) is 0. The van der Waals surface area contributed by atoms with E-state index in [9.17, 15) is 0 Å². The number of hydrogen-bond acceptors (Lipinski definition) is 5. The van der Waals surface area contributed by atoms with Gasteiger partial charge in [0.1, 0.15) is 18.3 Å². The fraction of sp³-hybridized carbons (Fsp3) is 0.429. The fourth-order valence-electron chi connectivity index (χ4n) is 3.53. The summed E-state index contributed by atoms with van der Waals surface area (Å²) in [5, 5.41) is 0. The number of rotatable bonds is 5. The highest BCUT2D eigenvalue weighted by atomic mass is 16.8. The standard InChI is InChI=1S/C21H24O5/c1-14-17-18(26-20(25-17)16-11-7-4-8-12-16)19(21(22-2)24-14)23-13-15-9-5-3-6-10-15/h3-12,14,17-21H,13H2,1-2H3/t14?,17-,18?,19?,20+,21-/m1/s1. The van der Waals surface area contributed by atoms with Gasteiger partial charge < -0.3 is 23.7 Å². The first-order chi connectivity index (χ1) is 12.8. The number of benzene rings is 2. The van der Waals surface area contributed by atoms with Crippen molar-refractivity contribution >= 4 is 0 Å². The molecule has 26 heavy (non-hydrogen) atoms. The molecule has 6 atom stereocenters. The van der Waals surface area contributed by atoms with Gasteiger partial charge in [0.25, 0.3) is 0 Å². The molecule has 2 aliphatic rings.